The van der Waals surface area contributed by atoms with Crippen molar-refractivity contribution in [3.05, 3.63) is 60.7 Å². The lowest BCUT2D eigenvalue weighted by molar-refractivity contribution is -0.153. The third-order valence-corrected chi connectivity index (χ3v) is 10.7. The van der Waals surface area contributed by atoms with Crippen molar-refractivity contribution in [2.75, 3.05) is 6.16 Å². The van der Waals surface area contributed by atoms with Gasteiger partial charge in [0.1, 0.15) is 0 Å². The highest BCUT2D eigenvalue weighted by Gasteiger charge is 2.57. The van der Waals surface area contributed by atoms with Crippen LogP contribution in [0.3, 0.4) is 0 Å². The van der Waals surface area contributed by atoms with Crippen LogP contribution < -0.4 is 10.6 Å². The van der Waals surface area contributed by atoms with Crippen molar-refractivity contribution >= 4 is 23.8 Å². The third-order valence-electron chi connectivity index (χ3n) is 7.11. The molecule has 25 heavy (non-hydrogen) atoms. The number of fused-ring (bicyclic) bond motifs is 2. The smallest absolute Gasteiger partial charge is 0.0577 e. The van der Waals surface area contributed by atoms with Crippen LogP contribution in [0.1, 0.15) is 26.7 Å². The van der Waals surface area contributed by atoms with Crippen LogP contribution in [0.5, 0.6) is 0 Å². The molecule has 2 aromatic rings. The van der Waals surface area contributed by atoms with Crippen LogP contribution in [-0.4, -0.2) is 23.7 Å². The summed E-state index contributed by atoms with van der Waals surface area (Å²) in [5, 5.41) is 13.6. The van der Waals surface area contributed by atoms with Gasteiger partial charge in [0.2, 0.25) is 0 Å². The number of hydrogen-bond acceptors (Lipinski definition) is 1. The van der Waals surface area contributed by atoms with E-state index >= 15 is 0 Å². The number of aliphatic hydroxyl groups excluding tert-OH is 1. The number of benzene rings is 2. The maximum Gasteiger partial charge on any atom is 0.0577 e. The van der Waals surface area contributed by atoms with Gasteiger partial charge in [0, 0.05) is 0 Å². The van der Waals surface area contributed by atoms with E-state index in [-0.39, 0.29) is 6.10 Å². The van der Waals surface area contributed by atoms with Gasteiger partial charge in [-0.2, -0.15) is 0 Å². The van der Waals surface area contributed by atoms with Crippen LogP contribution in [-0.2, 0) is 0 Å². The van der Waals surface area contributed by atoms with Crippen molar-refractivity contribution in [3.8, 4) is 0 Å². The van der Waals surface area contributed by atoms with Gasteiger partial charge in [0.15, 0.2) is 0 Å². The lowest BCUT2D eigenvalue weighted by Crippen LogP contribution is -2.58. The molecule has 0 aromatic heterocycles. The van der Waals surface area contributed by atoms with Crippen LogP contribution in [0, 0.1) is 23.2 Å². The maximum absolute atomic E-state index is 10.8. The molecule has 4 atom stereocenters. The molecule has 3 fully saturated rings. The van der Waals surface area contributed by atoms with Gasteiger partial charge in [-0.3, -0.25) is 0 Å². The fourth-order valence-corrected chi connectivity index (χ4v) is 8.74. The third kappa shape index (κ3) is 2.73. The highest BCUT2D eigenvalue weighted by atomic mass is 31.2. The van der Waals surface area contributed by atoms with Crippen molar-refractivity contribution < 1.29 is 5.11 Å². The first kappa shape index (κ1) is 17.1. The SMILES string of the molecule is C=P(C[C@@H]1[C@@H](O)C[C@H]2C[C@@H]1C2(C)C)(c1ccccc1)c1ccccc1. The Hall–Kier alpha value is -1.30. The topological polar surface area (TPSA) is 20.2 Å². The predicted molar refractivity (Wildman–Crippen MR) is 111 cm³/mol. The zero-order valence-electron chi connectivity index (χ0n) is 15.3. The molecule has 3 saturated carbocycles. The molecule has 3 aliphatic rings. The highest BCUT2D eigenvalue weighted by molar-refractivity contribution is 7.87. The largest absolute Gasteiger partial charge is 0.393 e. The van der Waals surface area contributed by atoms with E-state index in [2.05, 4.69) is 74.5 Å². The molecule has 0 radical (unpaired) electrons. The Balaban J connectivity index is 1.74. The highest BCUT2D eigenvalue weighted by Crippen LogP contribution is 2.63. The molecule has 1 N–H and O–H groups in total. The van der Waals surface area contributed by atoms with Crippen LogP contribution in [0.2, 0.25) is 0 Å². The van der Waals surface area contributed by atoms with Gasteiger partial charge in [-0.1, -0.05) is 87.7 Å². The quantitative estimate of drug-likeness (QED) is 0.821. The Labute approximate surface area is 152 Å². The van der Waals surface area contributed by atoms with E-state index in [0.717, 1.165) is 12.6 Å². The van der Waals surface area contributed by atoms with Crippen molar-refractivity contribution in [2.24, 2.45) is 23.2 Å². The van der Waals surface area contributed by atoms with Crippen molar-refractivity contribution in [1.29, 1.82) is 0 Å². The van der Waals surface area contributed by atoms with Gasteiger partial charge in [-0.05, 0) is 52.8 Å². The molecule has 2 bridgehead atoms. The monoisotopic (exact) mass is 352 g/mol. The molecule has 0 unspecified atom stereocenters. The van der Waals surface area contributed by atoms with Crippen molar-refractivity contribution in [1.82, 2.24) is 0 Å². The molecular weight excluding hydrogens is 323 g/mol. The van der Waals surface area contributed by atoms with Gasteiger partial charge in [0.25, 0.3) is 0 Å². The summed E-state index contributed by atoms with van der Waals surface area (Å²) in [5.41, 5.74) is 0.377. The fraction of sp³-hybridized carbons (Fsp3) is 0.435. The molecule has 5 rings (SSSR count). The molecule has 3 aliphatic carbocycles. The normalized spacial score (nSPS) is 30.5. The lowest BCUT2D eigenvalue weighted by atomic mass is 9.45. The zero-order valence-corrected chi connectivity index (χ0v) is 16.2. The minimum Gasteiger partial charge on any atom is -0.393 e. The average Bonchev–Trinajstić information content (AvgIpc) is 2.64. The minimum atomic E-state index is -1.76. The molecule has 2 heteroatoms. The van der Waals surface area contributed by atoms with Crippen LogP contribution in [0.15, 0.2) is 60.7 Å². The number of rotatable bonds is 4. The molecular formula is C23H29OP. The standard InChI is InChI=1S/C23H29OP/c1-23(2)17-14-21(23)20(22(24)15-17)16-25(3,18-10-6-4-7-11-18)19-12-8-5-9-13-19/h4-13,17,20-22,24H,3,14-16H2,1-2H3/t17-,20+,21+,22+/m1/s1. The Bertz CT molecular complexity index is 737. The van der Waals surface area contributed by atoms with Crippen molar-refractivity contribution in [3.63, 3.8) is 0 Å². The van der Waals surface area contributed by atoms with Gasteiger partial charge < -0.3 is 5.11 Å². The second kappa shape index (κ2) is 6.15. The lowest BCUT2D eigenvalue weighted by Gasteiger charge is -2.62. The summed E-state index contributed by atoms with van der Waals surface area (Å²) in [4.78, 5) is 0. The summed E-state index contributed by atoms with van der Waals surface area (Å²) < 4.78 is 0. The van der Waals surface area contributed by atoms with E-state index < -0.39 is 6.89 Å². The molecule has 0 saturated heterocycles. The second-order valence-electron chi connectivity index (χ2n) is 8.65. The molecule has 2 aromatic carbocycles. The number of hydrogen-bond donors (Lipinski definition) is 1. The zero-order chi connectivity index (χ0) is 17.7. The first-order chi connectivity index (χ1) is 11.9. The molecule has 0 spiro atoms. The Kier molecular flexibility index (Phi) is 4.21. The van der Waals surface area contributed by atoms with Crippen LogP contribution in [0.25, 0.3) is 0 Å². The predicted octanol–water partition coefficient (Wildman–Crippen LogP) is 4.13. The van der Waals surface area contributed by atoms with E-state index in [1.807, 2.05) is 0 Å². The summed E-state index contributed by atoms with van der Waals surface area (Å²) in [6, 6.07) is 21.6. The van der Waals surface area contributed by atoms with E-state index in [1.165, 1.54) is 17.0 Å². The van der Waals surface area contributed by atoms with Crippen molar-refractivity contribution in [2.45, 2.75) is 32.8 Å². The first-order valence-corrected chi connectivity index (χ1v) is 11.6. The molecule has 0 heterocycles. The molecule has 1 nitrogen and oxygen atoms in total. The van der Waals surface area contributed by atoms with E-state index in [9.17, 15) is 5.11 Å². The summed E-state index contributed by atoms with van der Waals surface area (Å²) in [7, 11) is 0. The molecule has 0 amide bonds. The Morgan fingerprint density at radius 2 is 1.48 bits per heavy atom. The summed E-state index contributed by atoms with van der Waals surface area (Å²) >= 11 is 0. The minimum absolute atomic E-state index is 0.162. The maximum atomic E-state index is 10.8. The van der Waals surface area contributed by atoms with Crippen LogP contribution in [0.4, 0.5) is 0 Å². The second-order valence-corrected chi connectivity index (χ2v) is 12.0. The Morgan fingerprint density at radius 3 is 1.96 bits per heavy atom. The average molecular weight is 352 g/mol. The van der Waals surface area contributed by atoms with Gasteiger partial charge in [-0.15, -0.1) is 0 Å². The Morgan fingerprint density at radius 1 is 0.960 bits per heavy atom. The van der Waals surface area contributed by atoms with Gasteiger partial charge >= 0.3 is 0 Å². The molecule has 0 aliphatic heterocycles. The summed E-state index contributed by atoms with van der Waals surface area (Å²) in [5.74, 6) is 1.70. The molecule has 132 valence electrons. The van der Waals surface area contributed by atoms with Gasteiger partial charge in [-0.25, -0.2) is 0 Å². The summed E-state index contributed by atoms with van der Waals surface area (Å²) in [6.07, 6.45) is 7.95. The summed E-state index contributed by atoms with van der Waals surface area (Å²) in [6.45, 7) is 3.04. The fourth-order valence-electron chi connectivity index (χ4n) is 5.31. The van der Waals surface area contributed by atoms with E-state index in [4.69, 9.17) is 6.30 Å². The first-order valence-electron chi connectivity index (χ1n) is 9.44. The van der Waals surface area contributed by atoms with Gasteiger partial charge in [0.05, 0.1) is 6.10 Å². The van der Waals surface area contributed by atoms with Crippen LogP contribution >= 0.6 is 6.89 Å². The van der Waals surface area contributed by atoms with E-state index in [1.54, 1.807) is 0 Å². The number of aliphatic hydroxyl groups is 1. The van der Waals surface area contributed by atoms with E-state index in [0.29, 0.717) is 23.2 Å².